The first-order valence-electron chi connectivity index (χ1n) is 8.31. The summed E-state index contributed by atoms with van der Waals surface area (Å²) in [7, 11) is 4.02. The third kappa shape index (κ3) is 8.53. The van der Waals surface area contributed by atoms with Crippen molar-refractivity contribution in [3.05, 3.63) is 0 Å². The van der Waals surface area contributed by atoms with Crippen LogP contribution in [0.5, 0.6) is 0 Å². The Labute approximate surface area is 153 Å². The molecule has 5 nitrogen and oxygen atoms in total. The van der Waals surface area contributed by atoms with Crippen LogP contribution in [0.15, 0.2) is 4.99 Å². The summed E-state index contributed by atoms with van der Waals surface area (Å²) in [6.07, 6.45) is 2.61. The SMILES string of the molecule is CCOC(CCNC(=NC)NCC1CCN(C)C1)C(C)C.I. The van der Waals surface area contributed by atoms with Gasteiger partial charge in [-0.15, -0.1) is 24.0 Å². The molecule has 6 heteroatoms. The molecule has 0 spiro atoms. The first kappa shape index (κ1) is 21.9. The minimum Gasteiger partial charge on any atom is -0.378 e. The number of aliphatic imine (C=N–C) groups is 1. The molecule has 2 unspecified atom stereocenters. The van der Waals surface area contributed by atoms with Crippen LogP contribution >= 0.6 is 24.0 Å². The van der Waals surface area contributed by atoms with Crippen molar-refractivity contribution in [2.24, 2.45) is 16.8 Å². The average Bonchev–Trinajstić information content (AvgIpc) is 2.86. The molecule has 0 bridgehead atoms. The van der Waals surface area contributed by atoms with Gasteiger partial charge in [0.15, 0.2) is 5.96 Å². The summed E-state index contributed by atoms with van der Waals surface area (Å²) in [5.74, 6) is 2.19. The Hall–Kier alpha value is -0.0800. The third-order valence-electron chi connectivity index (χ3n) is 4.12. The number of hydrogen-bond acceptors (Lipinski definition) is 3. The lowest BCUT2D eigenvalue weighted by atomic mass is 10.0. The molecule has 2 atom stereocenters. The third-order valence-corrected chi connectivity index (χ3v) is 4.12. The molecular weight excluding hydrogens is 391 g/mol. The van der Waals surface area contributed by atoms with Crippen LogP contribution in [-0.2, 0) is 4.74 Å². The maximum atomic E-state index is 5.77. The predicted molar refractivity (Wildman–Crippen MR) is 105 cm³/mol. The molecular formula is C16H35IN4O. The highest BCUT2D eigenvalue weighted by Gasteiger charge is 2.19. The fourth-order valence-corrected chi connectivity index (χ4v) is 2.81. The molecule has 0 aromatic carbocycles. The molecule has 132 valence electrons. The second kappa shape index (κ2) is 12.4. The van der Waals surface area contributed by atoms with Gasteiger partial charge in [-0.25, -0.2) is 0 Å². The molecule has 1 aliphatic rings. The van der Waals surface area contributed by atoms with Crippen molar-refractivity contribution in [1.29, 1.82) is 0 Å². The van der Waals surface area contributed by atoms with Gasteiger partial charge in [0.05, 0.1) is 6.10 Å². The number of guanidine groups is 1. The van der Waals surface area contributed by atoms with E-state index < -0.39 is 0 Å². The zero-order valence-electron chi connectivity index (χ0n) is 14.9. The number of likely N-dealkylation sites (tertiary alicyclic amines) is 1. The summed E-state index contributed by atoms with van der Waals surface area (Å²) < 4.78 is 5.77. The van der Waals surface area contributed by atoms with E-state index in [-0.39, 0.29) is 24.0 Å². The summed E-state index contributed by atoms with van der Waals surface area (Å²) in [5, 5.41) is 6.83. The summed E-state index contributed by atoms with van der Waals surface area (Å²) in [6, 6.07) is 0. The molecule has 1 rings (SSSR count). The van der Waals surface area contributed by atoms with Crippen LogP contribution in [0.4, 0.5) is 0 Å². The van der Waals surface area contributed by atoms with E-state index in [1.54, 1.807) is 0 Å². The minimum atomic E-state index is 0. The first-order chi connectivity index (χ1) is 10.1. The van der Waals surface area contributed by atoms with Gasteiger partial charge in [0, 0.05) is 33.3 Å². The highest BCUT2D eigenvalue weighted by atomic mass is 127. The van der Waals surface area contributed by atoms with Crippen LogP contribution in [0.2, 0.25) is 0 Å². The van der Waals surface area contributed by atoms with Gasteiger partial charge in [0.25, 0.3) is 0 Å². The predicted octanol–water partition coefficient (Wildman–Crippen LogP) is 2.17. The summed E-state index contributed by atoms with van der Waals surface area (Å²) in [4.78, 5) is 6.68. The molecule has 0 radical (unpaired) electrons. The lowest BCUT2D eigenvalue weighted by Crippen LogP contribution is -2.41. The maximum absolute atomic E-state index is 5.77. The summed E-state index contributed by atoms with van der Waals surface area (Å²) in [5.41, 5.74) is 0. The Morgan fingerprint density at radius 1 is 1.36 bits per heavy atom. The molecule has 0 saturated carbocycles. The second-order valence-corrected chi connectivity index (χ2v) is 6.32. The van der Waals surface area contributed by atoms with Crippen LogP contribution in [0, 0.1) is 11.8 Å². The molecule has 22 heavy (non-hydrogen) atoms. The molecule has 1 heterocycles. The molecule has 1 fully saturated rings. The average molecular weight is 426 g/mol. The van der Waals surface area contributed by atoms with Crippen LogP contribution in [-0.4, -0.2) is 63.8 Å². The molecule has 0 amide bonds. The van der Waals surface area contributed by atoms with Crippen molar-refractivity contribution in [3.63, 3.8) is 0 Å². The van der Waals surface area contributed by atoms with Crippen molar-refractivity contribution in [3.8, 4) is 0 Å². The summed E-state index contributed by atoms with van der Waals surface area (Å²) in [6.45, 7) is 11.6. The molecule has 2 N–H and O–H groups in total. The van der Waals surface area contributed by atoms with Gasteiger partial charge in [-0.2, -0.15) is 0 Å². The summed E-state index contributed by atoms with van der Waals surface area (Å²) >= 11 is 0. The van der Waals surface area contributed by atoms with Gasteiger partial charge < -0.3 is 20.3 Å². The van der Waals surface area contributed by atoms with E-state index in [9.17, 15) is 0 Å². The van der Waals surface area contributed by atoms with Gasteiger partial charge >= 0.3 is 0 Å². The van der Waals surface area contributed by atoms with Crippen molar-refractivity contribution < 1.29 is 4.74 Å². The molecule has 1 aliphatic heterocycles. The van der Waals surface area contributed by atoms with E-state index in [0.717, 1.165) is 38.0 Å². The number of rotatable bonds is 8. The van der Waals surface area contributed by atoms with Crippen molar-refractivity contribution in [1.82, 2.24) is 15.5 Å². The number of ether oxygens (including phenoxy) is 1. The Balaban J connectivity index is 0.00000441. The largest absolute Gasteiger partial charge is 0.378 e. The van der Waals surface area contributed by atoms with Gasteiger partial charge in [0.2, 0.25) is 0 Å². The number of nitrogens with zero attached hydrogens (tertiary/aromatic N) is 2. The number of halogens is 1. The fraction of sp³-hybridized carbons (Fsp3) is 0.938. The second-order valence-electron chi connectivity index (χ2n) is 6.32. The lowest BCUT2D eigenvalue weighted by Gasteiger charge is -2.22. The van der Waals surface area contributed by atoms with Gasteiger partial charge in [0.1, 0.15) is 0 Å². The van der Waals surface area contributed by atoms with E-state index in [1.807, 2.05) is 7.05 Å². The van der Waals surface area contributed by atoms with Crippen molar-refractivity contribution in [2.45, 2.75) is 39.7 Å². The van der Waals surface area contributed by atoms with E-state index in [1.165, 1.54) is 19.5 Å². The van der Waals surface area contributed by atoms with Crippen molar-refractivity contribution in [2.75, 3.05) is 46.9 Å². The van der Waals surface area contributed by atoms with E-state index in [4.69, 9.17) is 4.74 Å². The quantitative estimate of drug-likeness (QED) is 0.355. The van der Waals surface area contributed by atoms with Crippen LogP contribution in [0.3, 0.4) is 0 Å². The van der Waals surface area contributed by atoms with E-state index in [2.05, 4.69) is 48.3 Å². The van der Waals surface area contributed by atoms with Gasteiger partial charge in [-0.05, 0) is 45.2 Å². The molecule has 0 aromatic rings. The monoisotopic (exact) mass is 426 g/mol. The Kier molecular flexibility index (Phi) is 12.3. The number of nitrogens with one attached hydrogen (secondary N) is 2. The Bertz CT molecular complexity index is 313. The van der Waals surface area contributed by atoms with Crippen LogP contribution < -0.4 is 10.6 Å². The van der Waals surface area contributed by atoms with Gasteiger partial charge in [-0.3, -0.25) is 4.99 Å². The standard InChI is InChI=1S/C16H34N4O.HI/c1-6-21-15(13(2)3)7-9-18-16(17-4)19-11-14-8-10-20(5)12-14;/h13-15H,6-12H2,1-5H3,(H2,17,18,19);1H. The lowest BCUT2D eigenvalue weighted by molar-refractivity contribution is 0.0258. The fourth-order valence-electron chi connectivity index (χ4n) is 2.81. The van der Waals surface area contributed by atoms with Crippen LogP contribution in [0.1, 0.15) is 33.6 Å². The topological polar surface area (TPSA) is 48.9 Å². The first-order valence-corrected chi connectivity index (χ1v) is 8.31. The molecule has 1 saturated heterocycles. The van der Waals surface area contributed by atoms with Gasteiger partial charge in [-0.1, -0.05) is 13.8 Å². The Morgan fingerprint density at radius 3 is 2.59 bits per heavy atom. The number of hydrogen-bond donors (Lipinski definition) is 2. The molecule has 0 aliphatic carbocycles. The highest BCUT2D eigenvalue weighted by molar-refractivity contribution is 14.0. The zero-order valence-corrected chi connectivity index (χ0v) is 17.2. The van der Waals surface area contributed by atoms with Crippen LogP contribution in [0.25, 0.3) is 0 Å². The normalized spacial score (nSPS) is 20.8. The minimum absolute atomic E-state index is 0. The smallest absolute Gasteiger partial charge is 0.190 e. The van der Waals surface area contributed by atoms with Crippen molar-refractivity contribution >= 4 is 29.9 Å². The maximum Gasteiger partial charge on any atom is 0.190 e. The molecule has 0 aromatic heterocycles. The zero-order chi connectivity index (χ0) is 15.7. The van der Waals surface area contributed by atoms with E-state index >= 15 is 0 Å². The highest BCUT2D eigenvalue weighted by Crippen LogP contribution is 2.12. The Morgan fingerprint density at radius 2 is 2.09 bits per heavy atom. The van der Waals surface area contributed by atoms with E-state index in [0.29, 0.717) is 12.0 Å².